The molecule has 3 amide bonds. The number of carbonyl (C=O) groups excluding carboxylic acids is 3. The Bertz CT molecular complexity index is 1080. The van der Waals surface area contributed by atoms with E-state index in [0.29, 0.717) is 18.1 Å². The third kappa shape index (κ3) is 5.23. The first-order chi connectivity index (χ1) is 14.7. The molecular weight excluding hydrogens is 442 g/mol. The first-order valence-corrected chi connectivity index (χ1v) is 11.5. The van der Waals surface area contributed by atoms with E-state index in [1.54, 1.807) is 35.2 Å². The van der Waals surface area contributed by atoms with Crippen LogP contribution in [0.25, 0.3) is 0 Å². The number of sulfone groups is 1. The third-order valence-corrected chi connectivity index (χ3v) is 7.10. The fourth-order valence-electron chi connectivity index (χ4n) is 3.26. The van der Waals surface area contributed by atoms with E-state index in [1.165, 1.54) is 36.1 Å². The van der Waals surface area contributed by atoms with Gasteiger partial charge in [0.1, 0.15) is 0 Å². The summed E-state index contributed by atoms with van der Waals surface area (Å²) in [5.74, 6) is -1.60. The molecule has 0 radical (unpaired) electrons. The van der Waals surface area contributed by atoms with E-state index in [2.05, 4.69) is 5.32 Å². The monoisotopic (exact) mass is 463 g/mol. The highest BCUT2D eigenvalue weighted by Crippen LogP contribution is 2.19. The molecule has 1 N–H and O–H groups in total. The van der Waals surface area contributed by atoms with E-state index in [-0.39, 0.29) is 29.5 Å². The van der Waals surface area contributed by atoms with Gasteiger partial charge in [0.2, 0.25) is 21.1 Å². The highest BCUT2D eigenvalue weighted by Gasteiger charge is 2.39. The summed E-state index contributed by atoms with van der Waals surface area (Å²) in [6.07, 6.45) is 0. The molecule has 1 saturated heterocycles. The normalized spacial score (nSPS) is 15.3. The van der Waals surface area contributed by atoms with Gasteiger partial charge in [-0.05, 0) is 30.3 Å². The van der Waals surface area contributed by atoms with Gasteiger partial charge in [-0.25, -0.2) is 8.42 Å². The molecule has 164 valence electrons. The average Bonchev–Trinajstić information content (AvgIpc) is 2.77. The number of halogens is 1. The van der Waals surface area contributed by atoms with Crippen molar-refractivity contribution >= 4 is 39.2 Å². The Kier molecular flexibility index (Phi) is 6.97. The Morgan fingerprint density at radius 1 is 0.935 bits per heavy atom. The molecule has 1 fully saturated rings. The summed E-state index contributed by atoms with van der Waals surface area (Å²) in [4.78, 5) is 40.4. The number of nitrogens with one attached hydrogen (secondary N) is 1. The van der Waals surface area contributed by atoms with Crippen LogP contribution in [0.1, 0.15) is 17.3 Å². The highest BCUT2D eigenvalue weighted by molar-refractivity contribution is 7.92. The molecule has 31 heavy (non-hydrogen) atoms. The molecule has 0 aromatic heterocycles. The quantitative estimate of drug-likeness (QED) is 0.724. The van der Waals surface area contributed by atoms with Gasteiger partial charge in [0.25, 0.3) is 11.8 Å². The van der Waals surface area contributed by atoms with Crippen molar-refractivity contribution < 1.29 is 22.8 Å². The van der Waals surface area contributed by atoms with Gasteiger partial charge in [0.15, 0.2) is 0 Å². The van der Waals surface area contributed by atoms with Crippen molar-refractivity contribution in [2.75, 3.05) is 26.2 Å². The lowest BCUT2D eigenvalue weighted by molar-refractivity contribution is -0.138. The predicted octanol–water partition coefficient (Wildman–Crippen LogP) is 1.56. The van der Waals surface area contributed by atoms with Crippen LogP contribution in [-0.4, -0.2) is 67.5 Å². The largest absolute Gasteiger partial charge is 0.339 e. The van der Waals surface area contributed by atoms with Crippen molar-refractivity contribution in [3.63, 3.8) is 0 Å². The standard InChI is InChI=1S/C21H22ClN3O5S/c1-15(26)24-10-12-25(13-11-24)21(28)20(31(29,30)18-8-3-2-4-9-18)23-19(27)16-6-5-7-17(22)14-16/h2-9,14,20H,10-13H2,1H3,(H,23,27)/t20-/m1/s1. The summed E-state index contributed by atoms with van der Waals surface area (Å²) >= 11 is 5.93. The molecule has 8 nitrogen and oxygen atoms in total. The molecule has 1 aliphatic rings. The molecule has 0 saturated carbocycles. The zero-order valence-corrected chi connectivity index (χ0v) is 18.4. The van der Waals surface area contributed by atoms with Crippen molar-refractivity contribution in [3.8, 4) is 0 Å². The van der Waals surface area contributed by atoms with Crippen molar-refractivity contribution in [1.82, 2.24) is 15.1 Å². The van der Waals surface area contributed by atoms with Crippen LogP contribution in [0.3, 0.4) is 0 Å². The number of carbonyl (C=O) groups is 3. The second-order valence-electron chi connectivity index (χ2n) is 7.05. The smallest absolute Gasteiger partial charge is 0.261 e. The summed E-state index contributed by atoms with van der Waals surface area (Å²) < 4.78 is 26.5. The Hall–Kier alpha value is -2.91. The summed E-state index contributed by atoms with van der Waals surface area (Å²) in [5, 5.41) is 0.866. The molecule has 3 rings (SSSR count). The highest BCUT2D eigenvalue weighted by atomic mass is 35.5. The van der Waals surface area contributed by atoms with Crippen LogP contribution in [-0.2, 0) is 19.4 Å². The molecule has 10 heteroatoms. The molecule has 1 aliphatic heterocycles. The second kappa shape index (κ2) is 9.49. The first kappa shape index (κ1) is 22.8. The molecular formula is C21H22ClN3O5S. The molecule has 0 spiro atoms. The second-order valence-corrected chi connectivity index (χ2v) is 9.52. The van der Waals surface area contributed by atoms with Crippen molar-refractivity contribution in [3.05, 3.63) is 65.2 Å². The fraction of sp³-hybridized carbons (Fsp3) is 0.286. The fourth-order valence-corrected chi connectivity index (χ4v) is 4.93. The van der Waals surface area contributed by atoms with Crippen LogP contribution in [0, 0.1) is 0 Å². The Labute approximate surface area is 185 Å². The SMILES string of the molecule is CC(=O)N1CCN(C(=O)[C@H](NC(=O)c2cccc(Cl)c2)S(=O)(=O)c2ccccc2)CC1. The number of benzene rings is 2. The number of rotatable bonds is 5. The van der Waals surface area contributed by atoms with E-state index in [0.717, 1.165) is 0 Å². The van der Waals surface area contributed by atoms with Crippen molar-refractivity contribution in [2.45, 2.75) is 17.2 Å². The lowest BCUT2D eigenvalue weighted by Gasteiger charge is -2.36. The van der Waals surface area contributed by atoms with Crippen LogP contribution in [0.2, 0.25) is 5.02 Å². The van der Waals surface area contributed by atoms with Gasteiger partial charge in [0, 0.05) is 43.7 Å². The van der Waals surface area contributed by atoms with E-state index >= 15 is 0 Å². The number of nitrogens with zero attached hydrogens (tertiary/aromatic N) is 2. The lowest BCUT2D eigenvalue weighted by atomic mass is 10.2. The van der Waals surface area contributed by atoms with Crippen LogP contribution in [0.4, 0.5) is 0 Å². The zero-order valence-electron chi connectivity index (χ0n) is 16.8. The lowest BCUT2D eigenvalue weighted by Crippen LogP contribution is -2.57. The van der Waals surface area contributed by atoms with Gasteiger partial charge in [0.05, 0.1) is 4.90 Å². The maximum Gasteiger partial charge on any atom is 0.261 e. The maximum absolute atomic E-state index is 13.3. The number of hydrogen-bond acceptors (Lipinski definition) is 5. The minimum atomic E-state index is -4.23. The predicted molar refractivity (Wildman–Crippen MR) is 115 cm³/mol. The van der Waals surface area contributed by atoms with E-state index in [4.69, 9.17) is 11.6 Å². The topological polar surface area (TPSA) is 104 Å². The van der Waals surface area contributed by atoms with Crippen LogP contribution >= 0.6 is 11.6 Å². The van der Waals surface area contributed by atoms with Crippen molar-refractivity contribution in [2.24, 2.45) is 0 Å². The summed E-state index contributed by atoms with van der Waals surface area (Å²) in [7, 11) is -4.23. The van der Waals surface area contributed by atoms with Crippen LogP contribution < -0.4 is 5.32 Å². The zero-order chi connectivity index (χ0) is 22.6. The van der Waals surface area contributed by atoms with E-state index in [9.17, 15) is 22.8 Å². The van der Waals surface area contributed by atoms with E-state index in [1.807, 2.05) is 0 Å². The maximum atomic E-state index is 13.3. The van der Waals surface area contributed by atoms with Crippen LogP contribution in [0.5, 0.6) is 0 Å². The van der Waals surface area contributed by atoms with E-state index < -0.39 is 27.0 Å². The van der Waals surface area contributed by atoms with Gasteiger partial charge in [-0.3, -0.25) is 14.4 Å². The molecule has 2 aromatic rings. The summed E-state index contributed by atoms with van der Waals surface area (Å²) in [6, 6.07) is 13.5. The Morgan fingerprint density at radius 2 is 1.55 bits per heavy atom. The van der Waals surface area contributed by atoms with Gasteiger partial charge < -0.3 is 15.1 Å². The summed E-state index contributed by atoms with van der Waals surface area (Å²) in [5.41, 5.74) is 0.134. The van der Waals surface area contributed by atoms with Crippen molar-refractivity contribution in [1.29, 1.82) is 0 Å². The van der Waals surface area contributed by atoms with Gasteiger partial charge in [-0.15, -0.1) is 0 Å². The van der Waals surface area contributed by atoms with Gasteiger partial charge in [-0.2, -0.15) is 0 Å². The summed E-state index contributed by atoms with van der Waals surface area (Å²) in [6.45, 7) is 2.37. The minimum Gasteiger partial charge on any atom is -0.339 e. The molecule has 0 aliphatic carbocycles. The van der Waals surface area contributed by atoms with Gasteiger partial charge >= 0.3 is 0 Å². The third-order valence-electron chi connectivity index (χ3n) is 4.99. The first-order valence-electron chi connectivity index (χ1n) is 9.60. The molecule has 1 heterocycles. The Balaban J connectivity index is 1.90. The Morgan fingerprint density at radius 3 is 2.13 bits per heavy atom. The molecule has 0 unspecified atom stereocenters. The molecule has 1 atom stereocenters. The van der Waals surface area contributed by atoms with Gasteiger partial charge in [-0.1, -0.05) is 35.9 Å². The molecule has 2 aromatic carbocycles. The number of hydrogen-bond donors (Lipinski definition) is 1. The molecule has 0 bridgehead atoms. The average molecular weight is 464 g/mol. The minimum absolute atomic E-state index is 0.0814. The number of piperazine rings is 1. The number of amides is 3. The van der Waals surface area contributed by atoms with Crippen LogP contribution in [0.15, 0.2) is 59.5 Å².